The monoisotopic (exact) mass is 228 g/mol. The van der Waals surface area contributed by atoms with E-state index in [2.05, 4.69) is 4.98 Å². The van der Waals surface area contributed by atoms with Crippen LogP contribution in [0.1, 0.15) is 26.5 Å². The molecule has 1 heterocycles. The van der Waals surface area contributed by atoms with Crippen molar-refractivity contribution in [1.29, 1.82) is 0 Å². The Balaban J connectivity index is 2.93. The number of rotatable bonds is 4. The van der Waals surface area contributed by atoms with Crippen LogP contribution in [0.3, 0.4) is 0 Å². The first kappa shape index (κ1) is 12.0. The zero-order valence-corrected chi connectivity index (χ0v) is 10.3. The van der Waals surface area contributed by atoms with Crippen molar-refractivity contribution in [3.63, 3.8) is 0 Å². The average Bonchev–Trinajstić information content (AvgIpc) is 2.64. The molecule has 84 valence electrons. The number of likely N-dealkylation sites (N-methyl/N-ethyl adjacent to an activating group) is 1. The summed E-state index contributed by atoms with van der Waals surface area (Å²) >= 11 is 1.48. The summed E-state index contributed by atoms with van der Waals surface area (Å²) in [4.78, 5) is 17.1. The SMILES string of the molecule is CCc1csc(N(C)C(C)(C)C(=O)O)n1. The lowest BCUT2D eigenvalue weighted by Crippen LogP contribution is -2.48. The Morgan fingerprint density at radius 3 is 2.67 bits per heavy atom. The number of aromatic nitrogens is 1. The lowest BCUT2D eigenvalue weighted by Gasteiger charge is -2.31. The van der Waals surface area contributed by atoms with Crippen LogP contribution in [0.25, 0.3) is 0 Å². The Kier molecular flexibility index (Phi) is 3.34. The van der Waals surface area contributed by atoms with Gasteiger partial charge in [0.25, 0.3) is 0 Å². The molecule has 0 unspecified atom stereocenters. The van der Waals surface area contributed by atoms with Gasteiger partial charge in [-0.05, 0) is 20.3 Å². The van der Waals surface area contributed by atoms with Gasteiger partial charge in [0.1, 0.15) is 5.54 Å². The number of carboxylic acid groups (broad SMARTS) is 1. The molecule has 0 aliphatic rings. The van der Waals surface area contributed by atoms with Crippen LogP contribution in [0.15, 0.2) is 5.38 Å². The maximum Gasteiger partial charge on any atom is 0.329 e. The third-order valence-corrected chi connectivity index (χ3v) is 3.52. The van der Waals surface area contributed by atoms with Crippen molar-refractivity contribution in [2.45, 2.75) is 32.7 Å². The third kappa shape index (κ3) is 2.28. The quantitative estimate of drug-likeness (QED) is 0.856. The number of thiazole rings is 1. The first-order valence-electron chi connectivity index (χ1n) is 4.81. The van der Waals surface area contributed by atoms with E-state index in [-0.39, 0.29) is 0 Å². The number of hydrogen-bond donors (Lipinski definition) is 1. The van der Waals surface area contributed by atoms with Crippen molar-refractivity contribution < 1.29 is 9.90 Å². The number of anilines is 1. The minimum atomic E-state index is -0.928. The lowest BCUT2D eigenvalue weighted by atomic mass is 10.1. The highest BCUT2D eigenvalue weighted by atomic mass is 32.1. The standard InChI is InChI=1S/C10H16N2O2S/c1-5-7-6-15-9(11-7)12(4)10(2,3)8(13)14/h6H,5H2,1-4H3,(H,13,14). The first-order valence-corrected chi connectivity index (χ1v) is 5.69. The van der Waals surface area contributed by atoms with E-state index in [1.807, 2.05) is 12.3 Å². The van der Waals surface area contributed by atoms with Crippen LogP contribution in [0.5, 0.6) is 0 Å². The van der Waals surface area contributed by atoms with Crippen LogP contribution < -0.4 is 4.90 Å². The molecule has 0 aliphatic heterocycles. The zero-order valence-electron chi connectivity index (χ0n) is 9.44. The van der Waals surface area contributed by atoms with E-state index in [1.165, 1.54) is 11.3 Å². The largest absolute Gasteiger partial charge is 0.480 e. The molecule has 4 nitrogen and oxygen atoms in total. The highest BCUT2D eigenvalue weighted by Crippen LogP contribution is 2.26. The van der Waals surface area contributed by atoms with Crippen molar-refractivity contribution in [1.82, 2.24) is 4.98 Å². The molecular weight excluding hydrogens is 212 g/mol. The van der Waals surface area contributed by atoms with Crippen molar-refractivity contribution in [3.8, 4) is 0 Å². The molecule has 0 saturated carbocycles. The van der Waals surface area contributed by atoms with Gasteiger partial charge in [-0.2, -0.15) is 0 Å². The molecule has 0 aliphatic carbocycles. The fourth-order valence-corrected chi connectivity index (χ4v) is 2.01. The van der Waals surface area contributed by atoms with Gasteiger partial charge in [-0.3, -0.25) is 0 Å². The van der Waals surface area contributed by atoms with E-state index in [4.69, 9.17) is 5.11 Å². The van der Waals surface area contributed by atoms with Crippen molar-refractivity contribution in [2.24, 2.45) is 0 Å². The van der Waals surface area contributed by atoms with Crippen LogP contribution in [-0.4, -0.2) is 28.6 Å². The van der Waals surface area contributed by atoms with E-state index in [1.54, 1.807) is 25.8 Å². The topological polar surface area (TPSA) is 53.4 Å². The smallest absolute Gasteiger partial charge is 0.329 e. The summed E-state index contributed by atoms with van der Waals surface area (Å²) in [5.74, 6) is -0.849. The number of aliphatic carboxylic acids is 1. The molecule has 0 amide bonds. The molecule has 1 aromatic heterocycles. The Morgan fingerprint density at radius 1 is 1.67 bits per heavy atom. The molecule has 0 aromatic carbocycles. The summed E-state index contributed by atoms with van der Waals surface area (Å²) in [7, 11) is 1.76. The fraction of sp³-hybridized carbons (Fsp3) is 0.600. The highest BCUT2D eigenvalue weighted by Gasteiger charge is 2.33. The fourth-order valence-electron chi connectivity index (χ4n) is 0.995. The normalized spacial score (nSPS) is 11.5. The lowest BCUT2D eigenvalue weighted by molar-refractivity contribution is -0.142. The summed E-state index contributed by atoms with van der Waals surface area (Å²) in [6, 6.07) is 0. The van der Waals surface area contributed by atoms with Crippen molar-refractivity contribution in [3.05, 3.63) is 11.1 Å². The van der Waals surface area contributed by atoms with Gasteiger partial charge in [0, 0.05) is 12.4 Å². The number of hydrogen-bond acceptors (Lipinski definition) is 4. The molecule has 0 fully saturated rings. The summed E-state index contributed by atoms with van der Waals surface area (Å²) in [6.45, 7) is 5.37. The van der Waals surface area contributed by atoms with Gasteiger partial charge in [-0.1, -0.05) is 6.92 Å². The summed E-state index contributed by atoms with van der Waals surface area (Å²) < 4.78 is 0. The Morgan fingerprint density at radius 2 is 2.27 bits per heavy atom. The van der Waals surface area contributed by atoms with E-state index >= 15 is 0 Å². The van der Waals surface area contributed by atoms with E-state index in [0.29, 0.717) is 0 Å². The predicted molar refractivity (Wildman–Crippen MR) is 61.6 cm³/mol. The molecule has 1 N–H and O–H groups in total. The van der Waals surface area contributed by atoms with Gasteiger partial charge in [0.05, 0.1) is 5.69 Å². The molecule has 0 atom stereocenters. The minimum absolute atomic E-state index is 0.749. The Hall–Kier alpha value is -1.10. The van der Waals surface area contributed by atoms with E-state index in [9.17, 15) is 4.79 Å². The molecule has 0 radical (unpaired) electrons. The van der Waals surface area contributed by atoms with E-state index < -0.39 is 11.5 Å². The molecule has 0 saturated heterocycles. The summed E-state index contributed by atoms with van der Waals surface area (Å²) in [5.41, 5.74) is 0.0751. The Labute approximate surface area is 93.6 Å². The summed E-state index contributed by atoms with van der Waals surface area (Å²) in [6.07, 6.45) is 0.873. The summed E-state index contributed by atoms with van der Waals surface area (Å²) in [5, 5.41) is 11.8. The second-order valence-electron chi connectivity index (χ2n) is 3.90. The predicted octanol–water partition coefficient (Wildman–Crippen LogP) is 2.00. The van der Waals surface area contributed by atoms with Gasteiger partial charge in [-0.15, -0.1) is 11.3 Å². The molecule has 0 spiro atoms. The average molecular weight is 228 g/mol. The zero-order chi connectivity index (χ0) is 11.6. The van der Waals surface area contributed by atoms with Gasteiger partial charge < -0.3 is 10.0 Å². The van der Waals surface area contributed by atoms with Crippen molar-refractivity contribution >= 4 is 22.4 Å². The molecule has 1 aromatic rings. The molecular formula is C10H16N2O2S. The maximum atomic E-state index is 11.0. The molecule has 5 heteroatoms. The second kappa shape index (κ2) is 4.18. The first-order chi connectivity index (χ1) is 6.89. The Bertz CT molecular complexity index is 360. The van der Waals surface area contributed by atoms with Crippen LogP contribution in [-0.2, 0) is 11.2 Å². The number of carbonyl (C=O) groups is 1. The minimum Gasteiger partial charge on any atom is -0.480 e. The molecule has 1 rings (SSSR count). The highest BCUT2D eigenvalue weighted by molar-refractivity contribution is 7.13. The van der Waals surface area contributed by atoms with Crippen LogP contribution in [0.4, 0.5) is 5.13 Å². The number of nitrogens with zero attached hydrogens (tertiary/aromatic N) is 2. The molecule has 0 bridgehead atoms. The van der Waals surface area contributed by atoms with Gasteiger partial charge in [-0.25, -0.2) is 9.78 Å². The number of carboxylic acids is 1. The van der Waals surface area contributed by atoms with E-state index in [0.717, 1.165) is 17.2 Å². The maximum absolute atomic E-state index is 11.0. The van der Waals surface area contributed by atoms with Crippen LogP contribution in [0, 0.1) is 0 Å². The van der Waals surface area contributed by atoms with Crippen molar-refractivity contribution in [2.75, 3.05) is 11.9 Å². The van der Waals surface area contributed by atoms with Crippen LogP contribution in [0.2, 0.25) is 0 Å². The van der Waals surface area contributed by atoms with Gasteiger partial charge in [0.2, 0.25) is 0 Å². The van der Waals surface area contributed by atoms with Gasteiger partial charge >= 0.3 is 5.97 Å². The molecule has 15 heavy (non-hydrogen) atoms. The third-order valence-electron chi connectivity index (χ3n) is 2.55. The van der Waals surface area contributed by atoms with Gasteiger partial charge in [0.15, 0.2) is 5.13 Å². The second-order valence-corrected chi connectivity index (χ2v) is 4.73. The van der Waals surface area contributed by atoms with Crippen LogP contribution >= 0.6 is 11.3 Å². The number of aryl methyl sites for hydroxylation is 1.